The number of hydrogen-bond acceptors (Lipinski definition) is 4. The number of nitrogens with zero attached hydrogens (tertiary/aromatic N) is 2. The van der Waals surface area contributed by atoms with E-state index >= 15 is 0 Å². The van der Waals surface area contributed by atoms with E-state index in [1.54, 1.807) is 6.07 Å². The summed E-state index contributed by atoms with van der Waals surface area (Å²) in [6.45, 7) is 10.2. The molecule has 5 nitrogen and oxygen atoms in total. The minimum absolute atomic E-state index is 0.0844. The van der Waals surface area contributed by atoms with E-state index in [9.17, 15) is 4.79 Å². The van der Waals surface area contributed by atoms with Gasteiger partial charge in [0, 0.05) is 38.3 Å². The van der Waals surface area contributed by atoms with E-state index in [0.29, 0.717) is 30.4 Å². The summed E-state index contributed by atoms with van der Waals surface area (Å²) in [5.41, 5.74) is 0.682. The van der Waals surface area contributed by atoms with E-state index in [2.05, 4.69) is 18.7 Å². The maximum absolute atomic E-state index is 12.6. The third kappa shape index (κ3) is 3.35. The summed E-state index contributed by atoms with van der Waals surface area (Å²) in [6.07, 6.45) is 0. The van der Waals surface area contributed by atoms with E-state index in [1.807, 2.05) is 17.0 Å². The highest BCUT2D eigenvalue weighted by Crippen LogP contribution is 2.31. The van der Waals surface area contributed by atoms with Gasteiger partial charge in [0.05, 0.1) is 0 Å². The quantitative estimate of drug-likeness (QED) is 0.855. The van der Waals surface area contributed by atoms with Gasteiger partial charge in [-0.05, 0) is 24.1 Å². The lowest BCUT2D eigenvalue weighted by Crippen LogP contribution is -2.49. The molecule has 0 aromatic heterocycles. The van der Waals surface area contributed by atoms with Crippen molar-refractivity contribution in [3.63, 3.8) is 0 Å². The molecule has 22 heavy (non-hydrogen) atoms. The molecule has 1 aromatic carbocycles. The first-order chi connectivity index (χ1) is 10.6. The molecule has 1 aromatic rings. The molecule has 0 spiro atoms. The van der Waals surface area contributed by atoms with Crippen LogP contribution in [0.4, 0.5) is 0 Å². The molecule has 1 fully saturated rings. The summed E-state index contributed by atoms with van der Waals surface area (Å²) in [4.78, 5) is 17.0. The van der Waals surface area contributed by atoms with Crippen molar-refractivity contribution < 1.29 is 14.3 Å². The largest absolute Gasteiger partial charge is 0.486 e. The Balaban J connectivity index is 1.62. The first-order valence-corrected chi connectivity index (χ1v) is 8.05. The standard InChI is InChI=1S/C17H24N2O3/c1-13(2)12-18-5-7-19(8-6-18)17(20)14-3-4-15-16(11-14)22-10-9-21-15/h3-4,11,13H,5-10,12H2,1-2H3. The molecule has 1 saturated heterocycles. The van der Waals surface area contributed by atoms with Crippen LogP contribution >= 0.6 is 0 Å². The summed E-state index contributed by atoms with van der Waals surface area (Å²) < 4.78 is 11.1. The molecule has 0 bridgehead atoms. The second-order valence-corrected chi connectivity index (χ2v) is 6.35. The molecule has 5 heteroatoms. The van der Waals surface area contributed by atoms with Crippen molar-refractivity contribution in [1.82, 2.24) is 9.80 Å². The van der Waals surface area contributed by atoms with Gasteiger partial charge in [-0.1, -0.05) is 13.8 Å². The normalized spacial score (nSPS) is 18.6. The number of benzene rings is 1. The maximum Gasteiger partial charge on any atom is 0.254 e. The molecule has 0 atom stereocenters. The van der Waals surface area contributed by atoms with Crippen molar-refractivity contribution in [2.75, 3.05) is 45.9 Å². The average Bonchev–Trinajstić information content (AvgIpc) is 2.54. The predicted octanol–water partition coefficient (Wildman–Crippen LogP) is 1.87. The highest BCUT2D eigenvalue weighted by atomic mass is 16.6. The van der Waals surface area contributed by atoms with Crippen LogP contribution in [0.2, 0.25) is 0 Å². The van der Waals surface area contributed by atoms with Gasteiger partial charge in [-0.2, -0.15) is 0 Å². The van der Waals surface area contributed by atoms with Crippen LogP contribution in [0, 0.1) is 5.92 Å². The maximum atomic E-state index is 12.6. The van der Waals surface area contributed by atoms with Crippen LogP contribution < -0.4 is 9.47 Å². The Hall–Kier alpha value is -1.75. The van der Waals surface area contributed by atoms with Crippen LogP contribution in [0.1, 0.15) is 24.2 Å². The van der Waals surface area contributed by atoms with Crippen LogP contribution in [0.3, 0.4) is 0 Å². The van der Waals surface area contributed by atoms with Crippen LogP contribution in [0.5, 0.6) is 11.5 Å². The fourth-order valence-corrected chi connectivity index (χ4v) is 3.01. The van der Waals surface area contributed by atoms with Crippen molar-refractivity contribution >= 4 is 5.91 Å². The van der Waals surface area contributed by atoms with E-state index in [-0.39, 0.29) is 5.91 Å². The van der Waals surface area contributed by atoms with Gasteiger partial charge in [0.2, 0.25) is 0 Å². The Kier molecular flexibility index (Phi) is 4.52. The van der Waals surface area contributed by atoms with Gasteiger partial charge >= 0.3 is 0 Å². The predicted molar refractivity (Wildman–Crippen MR) is 84.6 cm³/mol. The molecular weight excluding hydrogens is 280 g/mol. The van der Waals surface area contributed by atoms with E-state index in [4.69, 9.17) is 9.47 Å². The molecule has 1 amide bonds. The second-order valence-electron chi connectivity index (χ2n) is 6.35. The summed E-state index contributed by atoms with van der Waals surface area (Å²) in [5, 5.41) is 0. The Bertz CT molecular complexity index is 537. The van der Waals surface area contributed by atoms with E-state index < -0.39 is 0 Å². The van der Waals surface area contributed by atoms with Crippen molar-refractivity contribution in [2.24, 2.45) is 5.92 Å². The van der Waals surface area contributed by atoms with Gasteiger partial charge < -0.3 is 14.4 Å². The topological polar surface area (TPSA) is 42.0 Å². The number of piperazine rings is 1. The lowest BCUT2D eigenvalue weighted by molar-refractivity contribution is 0.0623. The van der Waals surface area contributed by atoms with E-state index in [1.165, 1.54) is 0 Å². The summed E-state index contributed by atoms with van der Waals surface area (Å²) in [6, 6.07) is 5.46. The fourth-order valence-electron chi connectivity index (χ4n) is 3.01. The Labute approximate surface area is 131 Å². The minimum Gasteiger partial charge on any atom is -0.486 e. The number of amides is 1. The molecule has 3 rings (SSSR count). The zero-order chi connectivity index (χ0) is 15.5. The van der Waals surface area contributed by atoms with Crippen molar-refractivity contribution in [1.29, 1.82) is 0 Å². The molecule has 2 aliphatic rings. The number of fused-ring (bicyclic) bond motifs is 1. The molecule has 0 saturated carbocycles. The number of carbonyl (C=O) groups excluding carboxylic acids is 1. The van der Waals surface area contributed by atoms with E-state index in [0.717, 1.165) is 38.5 Å². The van der Waals surface area contributed by atoms with Gasteiger partial charge in [0.25, 0.3) is 5.91 Å². The molecule has 0 radical (unpaired) electrons. The van der Waals surface area contributed by atoms with Gasteiger partial charge in [0.15, 0.2) is 11.5 Å². The van der Waals surface area contributed by atoms with Gasteiger partial charge in [0.1, 0.15) is 13.2 Å². The molecule has 2 heterocycles. The van der Waals surface area contributed by atoms with Crippen LogP contribution in [0.15, 0.2) is 18.2 Å². The third-order valence-corrected chi connectivity index (χ3v) is 4.07. The Morgan fingerprint density at radius 2 is 1.77 bits per heavy atom. The second kappa shape index (κ2) is 6.57. The van der Waals surface area contributed by atoms with Gasteiger partial charge in [-0.25, -0.2) is 0 Å². The highest BCUT2D eigenvalue weighted by Gasteiger charge is 2.23. The fraction of sp³-hybridized carbons (Fsp3) is 0.588. The van der Waals surface area contributed by atoms with Crippen molar-refractivity contribution in [3.05, 3.63) is 23.8 Å². The average molecular weight is 304 g/mol. The molecule has 2 aliphatic heterocycles. The Morgan fingerprint density at radius 1 is 1.09 bits per heavy atom. The van der Waals surface area contributed by atoms with Crippen LogP contribution in [0.25, 0.3) is 0 Å². The number of hydrogen-bond donors (Lipinski definition) is 0. The first kappa shape index (κ1) is 15.2. The summed E-state index contributed by atoms with van der Waals surface area (Å²) >= 11 is 0. The SMILES string of the molecule is CC(C)CN1CCN(C(=O)c2ccc3c(c2)OCCO3)CC1. The lowest BCUT2D eigenvalue weighted by Gasteiger charge is -2.35. The molecule has 0 unspecified atom stereocenters. The monoisotopic (exact) mass is 304 g/mol. The lowest BCUT2D eigenvalue weighted by atomic mass is 10.1. The molecule has 0 N–H and O–H groups in total. The zero-order valence-corrected chi connectivity index (χ0v) is 13.4. The van der Waals surface area contributed by atoms with Crippen LogP contribution in [-0.2, 0) is 0 Å². The third-order valence-electron chi connectivity index (χ3n) is 4.07. The number of ether oxygens (including phenoxy) is 2. The molecule has 0 aliphatic carbocycles. The smallest absolute Gasteiger partial charge is 0.254 e. The van der Waals surface area contributed by atoms with Gasteiger partial charge in [-0.3, -0.25) is 9.69 Å². The zero-order valence-electron chi connectivity index (χ0n) is 13.4. The number of rotatable bonds is 3. The minimum atomic E-state index is 0.0844. The Morgan fingerprint density at radius 3 is 2.45 bits per heavy atom. The highest BCUT2D eigenvalue weighted by molar-refractivity contribution is 5.95. The van der Waals surface area contributed by atoms with Crippen molar-refractivity contribution in [2.45, 2.75) is 13.8 Å². The molecular formula is C17H24N2O3. The van der Waals surface area contributed by atoms with Crippen molar-refractivity contribution in [3.8, 4) is 11.5 Å². The first-order valence-electron chi connectivity index (χ1n) is 8.05. The van der Waals surface area contributed by atoms with Crippen LogP contribution in [-0.4, -0.2) is 61.6 Å². The summed E-state index contributed by atoms with van der Waals surface area (Å²) in [7, 11) is 0. The van der Waals surface area contributed by atoms with Gasteiger partial charge in [-0.15, -0.1) is 0 Å². The summed E-state index contributed by atoms with van der Waals surface area (Å²) in [5.74, 6) is 2.15. The number of carbonyl (C=O) groups is 1. The molecule has 120 valence electrons.